The molecule has 0 amide bonds. The van der Waals surface area contributed by atoms with Gasteiger partial charge in [-0.3, -0.25) is 10.1 Å². The average molecular weight is 266 g/mol. The van der Waals surface area contributed by atoms with Crippen LogP contribution in [0.3, 0.4) is 0 Å². The number of aryl methyl sites for hydroxylation is 2. The molecule has 0 spiro atoms. The molecule has 100 valence electrons. The molecular formula is C16H14N2O2. The first-order valence-corrected chi connectivity index (χ1v) is 6.10. The molecule has 0 saturated heterocycles. The van der Waals surface area contributed by atoms with Gasteiger partial charge < -0.3 is 5.73 Å². The van der Waals surface area contributed by atoms with E-state index in [4.69, 9.17) is 5.73 Å². The number of nitro groups is 1. The monoisotopic (exact) mass is 266 g/mol. The van der Waals surface area contributed by atoms with Crippen molar-refractivity contribution in [1.29, 1.82) is 0 Å². The molecule has 0 saturated carbocycles. The van der Waals surface area contributed by atoms with Crippen molar-refractivity contribution in [3.8, 4) is 11.8 Å². The smallest absolute Gasteiger partial charge is 0.270 e. The molecule has 2 rings (SSSR count). The molecule has 0 fully saturated rings. The Morgan fingerprint density at radius 2 is 1.70 bits per heavy atom. The first kappa shape index (κ1) is 13.6. The first-order valence-electron chi connectivity index (χ1n) is 6.10. The standard InChI is InChI=1S/C16H14N2O2/c1-11-7-12(2)9-13(8-11)3-4-14-10-15(18(19)20)5-6-16(14)17/h5-10H,17H2,1-2H3. The second kappa shape index (κ2) is 5.45. The topological polar surface area (TPSA) is 69.2 Å². The third kappa shape index (κ3) is 3.15. The largest absolute Gasteiger partial charge is 0.398 e. The molecule has 4 heteroatoms. The molecule has 0 bridgehead atoms. The summed E-state index contributed by atoms with van der Waals surface area (Å²) in [6, 6.07) is 10.3. The summed E-state index contributed by atoms with van der Waals surface area (Å²) in [6.45, 7) is 4.00. The molecular weight excluding hydrogens is 252 g/mol. The zero-order chi connectivity index (χ0) is 14.7. The summed E-state index contributed by atoms with van der Waals surface area (Å²) in [5, 5.41) is 10.7. The third-order valence-corrected chi connectivity index (χ3v) is 2.81. The van der Waals surface area contributed by atoms with Crippen molar-refractivity contribution in [2.75, 3.05) is 5.73 Å². The van der Waals surface area contributed by atoms with Crippen LogP contribution in [0.25, 0.3) is 0 Å². The van der Waals surface area contributed by atoms with Gasteiger partial charge in [0.1, 0.15) is 0 Å². The van der Waals surface area contributed by atoms with Crippen LogP contribution in [-0.4, -0.2) is 4.92 Å². The highest BCUT2D eigenvalue weighted by Crippen LogP contribution is 2.18. The van der Waals surface area contributed by atoms with Crippen molar-refractivity contribution in [1.82, 2.24) is 0 Å². The molecule has 0 aromatic heterocycles. The molecule has 2 aromatic carbocycles. The van der Waals surface area contributed by atoms with E-state index in [9.17, 15) is 10.1 Å². The SMILES string of the molecule is Cc1cc(C)cc(C#Cc2cc([N+](=O)[O-])ccc2N)c1. The van der Waals surface area contributed by atoms with Gasteiger partial charge in [0.2, 0.25) is 0 Å². The molecule has 2 aromatic rings. The molecule has 0 aliphatic carbocycles. The number of nitrogen functional groups attached to an aromatic ring is 1. The number of hydrogen-bond acceptors (Lipinski definition) is 3. The lowest BCUT2D eigenvalue weighted by Gasteiger charge is -1.99. The normalized spacial score (nSPS) is 9.70. The molecule has 0 heterocycles. The Hall–Kier alpha value is -2.80. The van der Waals surface area contributed by atoms with Crippen LogP contribution in [0.5, 0.6) is 0 Å². The minimum Gasteiger partial charge on any atom is -0.398 e. The van der Waals surface area contributed by atoms with Crippen molar-refractivity contribution in [2.24, 2.45) is 0 Å². The van der Waals surface area contributed by atoms with Crippen LogP contribution in [0.2, 0.25) is 0 Å². The van der Waals surface area contributed by atoms with E-state index in [1.54, 1.807) is 0 Å². The van der Waals surface area contributed by atoms with Crippen LogP contribution in [-0.2, 0) is 0 Å². The molecule has 0 aliphatic heterocycles. The van der Waals surface area contributed by atoms with E-state index in [-0.39, 0.29) is 5.69 Å². The summed E-state index contributed by atoms with van der Waals surface area (Å²) < 4.78 is 0. The van der Waals surface area contributed by atoms with Crippen molar-refractivity contribution in [3.05, 3.63) is 68.8 Å². The quantitative estimate of drug-likeness (QED) is 0.373. The van der Waals surface area contributed by atoms with Crippen LogP contribution < -0.4 is 5.73 Å². The minimum absolute atomic E-state index is 0.0103. The van der Waals surface area contributed by atoms with Gasteiger partial charge in [-0.1, -0.05) is 17.9 Å². The Morgan fingerprint density at radius 1 is 1.05 bits per heavy atom. The van der Waals surface area contributed by atoms with Crippen molar-refractivity contribution in [2.45, 2.75) is 13.8 Å². The molecule has 0 atom stereocenters. The fourth-order valence-corrected chi connectivity index (χ4v) is 1.95. The summed E-state index contributed by atoms with van der Waals surface area (Å²) in [7, 11) is 0. The maximum atomic E-state index is 10.7. The number of nitro benzene ring substituents is 1. The van der Waals surface area contributed by atoms with Gasteiger partial charge in [-0.05, 0) is 43.2 Å². The lowest BCUT2D eigenvalue weighted by Crippen LogP contribution is -1.94. The Morgan fingerprint density at radius 3 is 2.30 bits per heavy atom. The van der Waals surface area contributed by atoms with Gasteiger partial charge in [0.15, 0.2) is 0 Å². The van der Waals surface area contributed by atoms with Crippen LogP contribution in [0, 0.1) is 35.8 Å². The molecule has 4 nitrogen and oxygen atoms in total. The van der Waals surface area contributed by atoms with Crippen LogP contribution in [0.1, 0.15) is 22.3 Å². The van der Waals surface area contributed by atoms with Crippen molar-refractivity contribution < 1.29 is 4.92 Å². The van der Waals surface area contributed by atoms with E-state index >= 15 is 0 Å². The predicted molar refractivity (Wildman–Crippen MR) is 79.4 cm³/mol. The highest BCUT2D eigenvalue weighted by molar-refractivity contribution is 5.61. The minimum atomic E-state index is -0.457. The molecule has 0 unspecified atom stereocenters. The number of nitrogens with two attached hydrogens (primary N) is 1. The van der Waals surface area contributed by atoms with E-state index < -0.39 is 4.92 Å². The zero-order valence-electron chi connectivity index (χ0n) is 11.3. The Labute approximate surface area is 117 Å². The summed E-state index contributed by atoms with van der Waals surface area (Å²) in [4.78, 5) is 10.3. The van der Waals surface area contributed by atoms with Gasteiger partial charge in [-0.15, -0.1) is 0 Å². The fraction of sp³-hybridized carbons (Fsp3) is 0.125. The molecule has 20 heavy (non-hydrogen) atoms. The van der Waals surface area contributed by atoms with Gasteiger partial charge in [0.25, 0.3) is 5.69 Å². The first-order chi connectivity index (χ1) is 9.45. The van der Waals surface area contributed by atoms with E-state index in [0.29, 0.717) is 11.3 Å². The van der Waals surface area contributed by atoms with Crippen LogP contribution in [0.15, 0.2) is 36.4 Å². The highest BCUT2D eigenvalue weighted by Gasteiger charge is 2.07. The Balaban J connectivity index is 2.42. The van der Waals surface area contributed by atoms with Gasteiger partial charge >= 0.3 is 0 Å². The molecule has 0 radical (unpaired) electrons. The lowest BCUT2D eigenvalue weighted by molar-refractivity contribution is -0.384. The Bertz CT molecular complexity index is 720. The zero-order valence-corrected chi connectivity index (χ0v) is 11.3. The number of hydrogen-bond donors (Lipinski definition) is 1. The van der Waals surface area contributed by atoms with Crippen molar-refractivity contribution in [3.63, 3.8) is 0 Å². The lowest BCUT2D eigenvalue weighted by atomic mass is 10.1. The van der Waals surface area contributed by atoms with Crippen LogP contribution in [0.4, 0.5) is 11.4 Å². The Kier molecular flexibility index (Phi) is 3.72. The fourth-order valence-electron chi connectivity index (χ4n) is 1.95. The van der Waals surface area contributed by atoms with Gasteiger partial charge in [-0.2, -0.15) is 0 Å². The van der Waals surface area contributed by atoms with Gasteiger partial charge in [0, 0.05) is 23.4 Å². The van der Waals surface area contributed by atoms with E-state index in [2.05, 4.69) is 17.9 Å². The number of non-ortho nitro benzene ring substituents is 1. The number of nitrogens with zero attached hydrogens (tertiary/aromatic N) is 1. The summed E-state index contributed by atoms with van der Waals surface area (Å²) >= 11 is 0. The van der Waals surface area contributed by atoms with Gasteiger partial charge in [0.05, 0.1) is 10.5 Å². The van der Waals surface area contributed by atoms with E-state index in [1.165, 1.54) is 18.2 Å². The summed E-state index contributed by atoms with van der Waals surface area (Å²) in [5.41, 5.74) is 9.81. The third-order valence-electron chi connectivity index (χ3n) is 2.81. The maximum Gasteiger partial charge on any atom is 0.270 e. The van der Waals surface area contributed by atoms with E-state index in [0.717, 1.165) is 16.7 Å². The maximum absolute atomic E-state index is 10.7. The second-order valence-corrected chi connectivity index (χ2v) is 4.66. The summed E-state index contributed by atoms with van der Waals surface area (Å²) in [6.07, 6.45) is 0. The highest BCUT2D eigenvalue weighted by atomic mass is 16.6. The average Bonchev–Trinajstić information content (AvgIpc) is 2.36. The number of anilines is 1. The molecule has 0 aliphatic rings. The number of benzene rings is 2. The predicted octanol–water partition coefficient (Wildman–Crippen LogP) is 3.19. The van der Waals surface area contributed by atoms with Crippen molar-refractivity contribution >= 4 is 11.4 Å². The summed E-state index contributed by atoms with van der Waals surface area (Å²) in [5.74, 6) is 5.90. The molecule has 2 N–H and O–H groups in total. The second-order valence-electron chi connectivity index (χ2n) is 4.66. The van der Waals surface area contributed by atoms with Gasteiger partial charge in [-0.25, -0.2) is 0 Å². The van der Waals surface area contributed by atoms with E-state index in [1.807, 2.05) is 26.0 Å². The number of rotatable bonds is 1. The van der Waals surface area contributed by atoms with Crippen LogP contribution >= 0.6 is 0 Å².